The third-order valence-electron chi connectivity index (χ3n) is 3.33. The normalized spacial score (nSPS) is 22.7. The van der Waals surface area contributed by atoms with Gasteiger partial charge in [-0.3, -0.25) is 9.59 Å². The Balaban J connectivity index is 2.33. The van der Waals surface area contributed by atoms with E-state index in [9.17, 15) is 14.0 Å². The molecule has 1 aromatic rings. The average molecular weight is 267 g/mol. The summed E-state index contributed by atoms with van der Waals surface area (Å²) < 4.78 is 18.5. The number of ether oxygens (including phenoxy) is 1. The molecule has 1 heterocycles. The number of carboxylic acid groups (broad SMARTS) is 1. The van der Waals surface area contributed by atoms with Crippen LogP contribution in [0.15, 0.2) is 18.2 Å². The van der Waals surface area contributed by atoms with Gasteiger partial charge in [0, 0.05) is 18.9 Å². The van der Waals surface area contributed by atoms with Crippen molar-refractivity contribution in [3.8, 4) is 5.75 Å². The van der Waals surface area contributed by atoms with Crippen LogP contribution in [-0.2, 0) is 9.59 Å². The fourth-order valence-corrected chi connectivity index (χ4v) is 2.30. The van der Waals surface area contributed by atoms with Crippen LogP contribution in [0.1, 0.15) is 17.9 Å². The largest absolute Gasteiger partial charge is 0.494 e. The summed E-state index contributed by atoms with van der Waals surface area (Å²) in [4.78, 5) is 22.6. The lowest BCUT2D eigenvalue weighted by Gasteiger charge is -2.29. The van der Waals surface area contributed by atoms with Crippen LogP contribution in [0.5, 0.6) is 5.75 Å². The molecule has 1 aromatic carbocycles. The molecule has 1 saturated heterocycles. The lowest BCUT2D eigenvalue weighted by Crippen LogP contribution is -2.43. The number of methoxy groups -OCH3 is 1. The Bertz CT molecular complexity index is 517. The number of carbonyl (C=O) groups excluding carboxylic acids is 1. The number of hydrogen-bond acceptors (Lipinski definition) is 3. The summed E-state index contributed by atoms with van der Waals surface area (Å²) in [5.41, 5.74) is 0.501. The molecule has 6 heteroatoms. The number of benzene rings is 1. The highest BCUT2D eigenvalue weighted by Crippen LogP contribution is 2.33. The van der Waals surface area contributed by atoms with Crippen molar-refractivity contribution in [3.05, 3.63) is 29.6 Å². The van der Waals surface area contributed by atoms with Gasteiger partial charge in [0.1, 0.15) is 0 Å². The first-order chi connectivity index (χ1) is 9.02. The van der Waals surface area contributed by atoms with Crippen molar-refractivity contribution in [1.82, 2.24) is 5.32 Å². The van der Waals surface area contributed by atoms with Crippen LogP contribution < -0.4 is 10.1 Å². The quantitative estimate of drug-likeness (QED) is 0.861. The summed E-state index contributed by atoms with van der Waals surface area (Å²) >= 11 is 0. The third-order valence-corrected chi connectivity index (χ3v) is 3.33. The maximum Gasteiger partial charge on any atom is 0.308 e. The average Bonchev–Trinajstić information content (AvgIpc) is 2.38. The maximum absolute atomic E-state index is 13.7. The zero-order valence-electron chi connectivity index (χ0n) is 10.4. The molecule has 0 aliphatic carbocycles. The SMILES string of the molecule is COc1ccc(C2CC(=O)NCC2C(=O)O)cc1F. The van der Waals surface area contributed by atoms with Crippen molar-refractivity contribution in [2.24, 2.45) is 5.92 Å². The first-order valence-corrected chi connectivity index (χ1v) is 5.86. The Hall–Kier alpha value is -2.11. The van der Waals surface area contributed by atoms with E-state index in [-0.39, 0.29) is 24.6 Å². The minimum Gasteiger partial charge on any atom is -0.494 e. The van der Waals surface area contributed by atoms with Crippen LogP contribution in [0.3, 0.4) is 0 Å². The molecule has 1 aliphatic heterocycles. The van der Waals surface area contributed by atoms with Crippen molar-refractivity contribution < 1.29 is 23.8 Å². The molecule has 5 nitrogen and oxygen atoms in total. The Labute approximate surface area is 109 Å². The second-order valence-electron chi connectivity index (χ2n) is 4.45. The van der Waals surface area contributed by atoms with E-state index in [1.54, 1.807) is 6.07 Å². The van der Waals surface area contributed by atoms with Gasteiger partial charge in [-0.05, 0) is 17.7 Å². The van der Waals surface area contributed by atoms with Crippen molar-refractivity contribution in [2.45, 2.75) is 12.3 Å². The first kappa shape index (κ1) is 13.3. The zero-order chi connectivity index (χ0) is 14.0. The van der Waals surface area contributed by atoms with Crippen LogP contribution in [0, 0.1) is 11.7 Å². The number of carboxylic acids is 1. The molecular weight excluding hydrogens is 253 g/mol. The second-order valence-corrected chi connectivity index (χ2v) is 4.45. The van der Waals surface area contributed by atoms with E-state index in [4.69, 9.17) is 9.84 Å². The van der Waals surface area contributed by atoms with Gasteiger partial charge in [-0.2, -0.15) is 0 Å². The molecule has 19 heavy (non-hydrogen) atoms. The Morgan fingerprint density at radius 3 is 2.84 bits per heavy atom. The molecule has 0 aromatic heterocycles. The molecule has 2 atom stereocenters. The number of nitrogens with one attached hydrogen (secondary N) is 1. The molecule has 2 rings (SSSR count). The monoisotopic (exact) mass is 267 g/mol. The van der Waals surface area contributed by atoms with Gasteiger partial charge >= 0.3 is 5.97 Å². The number of amides is 1. The summed E-state index contributed by atoms with van der Waals surface area (Å²) in [5.74, 6) is -2.96. The van der Waals surface area contributed by atoms with E-state index in [1.165, 1.54) is 19.2 Å². The van der Waals surface area contributed by atoms with Gasteiger partial charge in [0.25, 0.3) is 0 Å². The lowest BCUT2D eigenvalue weighted by atomic mass is 9.81. The number of carbonyl (C=O) groups is 2. The molecule has 102 valence electrons. The Morgan fingerprint density at radius 2 is 2.26 bits per heavy atom. The smallest absolute Gasteiger partial charge is 0.308 e. The number of halogens is 1. The van der Waals surface area contributed by atoms with Crippen LogP contribution in [0.4, 0.5) is 4.39 Å². The topological polar surface area (TPSA) is 75.6 Å². The van der Waals surface area contributed by atoms with E-state index in [1.807, 2.05) is 0 Å². The van der Waals surface area contributed by atoms with Crippen molar-refractivity contribution in [1.29, 1.82) is 0 Å². The predicted molar refractivity (Wildman–Crippen MR) is 64.4 cm³/mol. The highest BCUT2D eigenvalue weighted by molar-refractivity contribution is 5.82. The van der Waals surface area contributed by atoms with Crippen molar-refractivity contribution >= 4 is 11.9 Å². The summed E-state index contributed by atoms with van der Waals surface area (Å²) in [7, 11) is 1.35. The standard InChI is InChI=1S/C13H14FNO4/c1-19-11-3-2-7(4-10(11)14)8-5-12(16)15-6-9(8)13(17)18/h2-4,8-9H,5-6H2,1H3,(H,15,16)(H,17,18). The second kappa shape index (κ2) is 5.26. The molecule has 1 fully saturated rings. The molecule has 1 amide bonds. The lowest BCUT2D eigenvalue weighted by molar-refractivity contribution is -0.144. The van der Waals surface area contributed by atoms with Crippen molar-refractivity contribution in [2.75, 3.05) is 13.7 Å². The molecule has 0 spiro atoms. The van der Waals surface area contributed by atoms with Gasteiger partial charge in [-0.1, -0.05) is 6.07 Å². The number of piperidine rings is 1. The summed E-state index contributed by atoms with van der Waals surface area (Å²) in [6.07, 6.45) is 0.0444. The number of rotatable bonds is 3. The third kappa shape index (κ3) is 2.67. The maximum atomic E-state index is 13.7. The summed E-state index contributed by atoms with van der Waals surface area (Å²) in [5, 5.41) is 11.7. The van der Waals surface area contributed by atoms with E-state index < -0.39 is 23.6 Å². The summed E-state index contributed by atoms with van der Waals surface area (Å²) in [6, 6.07) is 4.27. The number of aliphatic carboxylic acids is 1. The van der Waals surface area contributed by atoms with Crippen LogP contribution in [-0.4, -0.2) is 30.6 Å². The van der Waals surface area contributed by atoms with E-state index in [2.05, 4.69) is 5.32 Å². The highest BCUT2D eigenvalue weighted by atomic mass is 19.1. The summed E-state index contributed by atoms with van der Waals surface area (Å²) in [6.45, 7) is 0.0620. The fraction of sp³-hybridized carbons (Fsp3) is 0.385. The van der Waals surface area contributed by atoms with Crippen LogP contribution in [0.25, 0.3) is 0 Å². The van der Waals surface area contributed by atoms with Gasteiger partial charge in [-0.15, -0.1) is 0 Å². The Kier molecular flexibility index (Phi) is 3.69. The van der Waals surface area contributed by atoms with E-state index in [0.717, 1.165) is 0 Å². The molecule has 2 unspecified atom stereocenters. The van der Waals surface area contributed by atoms with E-state index >= 15 is 0 Å². The predicted octanol–water partition coefficient (Wildman–Crippen LogP) is 1.14. The molecule has 0 radical (unpaired) electrons. The molecule has 0 saturated carbocycles. The number of hydrogen-bond donors (Lipinski definition) is 2. The zero-order valence-corrected chi connectivity index (χ0v) is 10.4. The van der Waals surface area contributed by atoms with Gasteiger partial charge in [0.2, 0.25) is 5.91 Å². The highest BCUT2D eigenvalue weighted by Gasteiger charge is 2.35. The first-order valence-electron chi connectivity index (χ1n) is 5.86. The molecule has 0 bridgehead atoms. The minimum absolute atomic E-state index is 0.0444. The fourth-order valence-electron chi connectivity index (χ4n) is 2.30. The van der Waals surface area contributed by atoms with Crippen LogP contribution >= 0.6 is 0 Å². The van der Waals surface area contributed by atoms with Crippen LogP contribution in [0.2, 0.25) is 0 Å². The van der Waals surface area contributed by atoms with Crippen molar-refractivity contribution in [3.63, 3.8) is 0 Å². The van der Waals surface area contributed by atoms with Gasteiger partial charge in [0.15, 0.2) is 11.6 Å². The van der Waals surface area contributed by atoms with Gasteiger partial charge in [0.05, 0.1) is 13.0 Å². The minimum atomic E-state index is -0.999. The molecule has 1 aliphatic rings. The van der Waals surface area contributed by atoms with Gasteiger partial charge in [-0.25, -0.2) is 4.39 Å². The Morgan fingerprint density at radius 1 is 1.53 bits per heavy atom. The van der Waals surface area contributed by atoms with Gasteiger partial charge < -0.3 is 15.2 Å². The molecule has 2 N–H and O–H groups in total. The van der Waals surface area contributed by atoms with E-state index in [0.29, 0.717) is 5.56 Å². The molecular formula is C13H14FNO4.